The molecule has 1 heterocycles. The Balaban J connectivity index is 2.22. The number of likely N-dealkylation sites (tertiary alicyclic amines) is 1. The van der Waals surface area contributed by atoms with E-state index >= 15 is 0 Å². The lowest BCUT2D eigenvalue weighted by molar-refractivity contribution is -0.111. The molecule has 0 aromatic rings. The molecule has 0 aliphatic carbocycles. The van der Waals surface area contributed by atoms with Gasteiger partial charge in [-0.2, -0.15) is 0 Å². The van der Waals surface area contributed by atoms with Crippen molar-refractivity contribution < 1.29 is 9.53 Å². The average molecular weight is 142 g/mol. The molecule has 0 aromatic heterocycles. The molecule has 1 rings (SSSR count). The van der Waals surface area contributed by atoms with E-state index in [1.165, 1.54) is 0 Å². The Morgan fingerprint density at radius 3 is 2.70 bits per heavy atom. The molecule has 1 fully saturated rings. The van der Waals surface area contributed by atoms with Gasteiger partial charge in [0.2, 0.25) is 0 Å². The lowest BCUT2D eigenvalue weighted by Gasteiger charge is -2.37. The summed E-state index contributed by atoms with van der Waals surface area (Å²) in [6.07, 6.45) is 2.96. The maximum Gasteiger partial charge on any atom is 0.314 e. The fourth-order valence-electron chi connectivity index (χ4n) is 0.924. The zero-order valence-electron chi connectivity index (χ0n) is 6.33. The minimum atomic E-state index is -0.00231. The van der Waals surface area contributed by atoms with Crippen molar-refractivity contribution in [1.82, 2.24) is 4.90 Å². The van der Waals surface area contributed by atoms with Crippen LogP contribution in [0, 0.1) is 0 Å². The monoisotopic (exact) mass is 142 g/mol. The van der Waals surface area contributed by atoms with Crippen molar-refractivity contribution in [1.29, 1.82) is 0 Å². The van der Waals surface area contributed by atoms with Crippen LogP contribution in [0.2, 0.25) is 0 Å². The van der Waals surface area contributed by atoms with Gasteiger partial charge >= 0.3 is 6.41 Å². The quantitative estimate of drug-likeness (QED) is 0.574. The van der Waals surface area contributed by atoms with Crippen LogP contribution in [-0.4, -0.2) is 30.2 Å². The normalized spacial score (nSPS) is 24.7. The molecule has 1 unspecified atom stereocenters. The zero-order valence-corrected chi connectivity index (χ0v) is 6.33. The van der Waals surface area contributed by atoms with Crippen LogP contribution in [0.5, 0.6) is 0 Å². The van der Waals surface area contributed by atoms with Crippen molar-refractivity contribution in [3.8, 4) is 0 Å². The van der Waals surface area contributed by atoms with Crippen molar-refractivity contribution in [3.05, 3.63) is 0 Å². The Morgan fingerprint density at radius 1 is 1.70 bits per heavy atom. The summed E-state index contributed by atoms with van der Waals surface area (Å²) in [7, 11) is 0. The molecule has 3 nitrogen and oxygen atoms in total. The minimum Gasteiger partial charge on any atom is -0.356 e. The molecular formula is C7H12NO2. The van der Waals surface area contributed by atoms with Crippen LogP contribution in [0.15, 0.2) is 0 Å². The van der Waals surface area contributed by atoms with Gasteiger partial charge in [0.05, 0.1) is 6.10 Å². The van der Waals surface area contributed by atoms with Gasteiger partial charge in [-0.25, -0.2) is 0 Å². The Kier molecular flexibility index (Phi) is 2.27. The first-order valence-electron chi connectivity index (χ1n) is 3.54. The number of hydrogen-bond donors (Lipinski definition) is 0. The zero-order chi connectivity index (χ0) is 7.56. The molecule has 1 radical (unpaired) electrons. The number of amides is 1. The summed E-state index contributed by atoms with van der Waals surface area (Å²) in [5.74, 6) is 0. The van der Waals surface area contributed by atoms with Gasteiger partial charge in [0.25, 0.3) is 0 Å². The fourth-order valence-corrected chi connectivity index (χ4v) is 0.924. The second kappa shape index (κ2) is 3.01. The van der Waals surface area contributed by atoms with E-state index in [1.54, 1.807) is 4.90 Å². The first-order valence-corrected chi connectivity index (χ1v) is 3.54. The van der Waals surface area contributed by atoms with Crippen molar-refractivity contribution in [2.24, 2.45) is 0 Å². The first-order chi connectivity index (χ1) is 4.74. The van der Waals surface area contributed by atoms with E-state index in [0.29, 0.717) is 0 Å². The molecule has 0 aromatic carbocycles. The largest absolute Gasteiger partial charge is 0.356 e. The summed E-state index contributed by atoms with van der Waals surface area (Å²) in [5, 5.41) is 0. The van der Waals surface area contributed by atoms with Gasteiger partial charge in [-0.05, 0) is 13.8 Å². The molecule has 0 N–H and O–H groups in total. The summed E-state index contributed by atoms with van der Waals surface area (Å²) < 4.78 is 5.35. The number of carbonyl (C=O) groups excluding carboxylic acids is 1. The van der Waals surface area contributed by atoms with Gasteiger partial charge in [-0.15, -0.1) is 0 Å². The van der Waals surface area contributed by atoms with Gasteiger partial charge in [0.1, 0.15) is 6.23 Å². The maximum atomic E-state index is 10.1. The molecule has 0 spiro atoms. The predicted octanol–water partition coefficient (Wildman–Crippen LogP) is 0.510. The molecule has 1 aliphatic rings. The Morgan fingerprint density at radius 2 is 2.40 bits per heavy atom. The number of ether oxygens (including phenoxy) is 1. The third kappa shape index (κ3) is 1.48. The highest BCUT2D eigenvalue weighted by atomic mass is 16.5. The SMILES string of the molecule is CC(C)OC1CCN1[C]=O. The lowest BCUT2D eigenvalue weighted by Crippen LogP contribution is -2.49. The van der Waals surface area contributed by atoms with E-state index in [0.717, 1.165) is 13.0 Å². The van der Waals surface area contributed by atoms with Crippen LogP contribution >= 0.6 is 0 Å². The topological polar surface area (TPSA) is 29.5 Å². The van der Waals surface area contributed by atoms with Crippen molar-refractivity contribution in [2.75, 3.05) is 6.54 Å². The Hall–Kier alpha value is -0.570. The molecule has 1 atom stereocenters. The average Bonchev–Trinajstić information content (AvgIpc) is 1.82. The molecule has 1 aliphatic heterocycles. The van der Waals surface area contributed by atoms with E-state index in [-0.39, 0.29) is 12.3 Å². The maximum absolute atomic E-state index is 10.1. The molecule has 0 bridgehead atoms. The number of rotatable bonds is 3. The lowest BCUT2D eigenvalue weighted by atomic mass is 10.2. The summed E-state index contributed by atoms with van der Waals surface area (Å²) in [5.41, 5.74) is 0. The summed E-state index contributed by atoms with van der Waals surface area (Å²) in [6, 6.07) is 0. The molecule has 3 heteroatoms. The van der Waals surface area contributed by atoms with Crippen molar-refractivity contribution >= 4 is 6.41 Å². The molecule has 1 amide bonds. The van der Waals surface area contributed by atoms with Gasteiger partial charge in [-0.3, -0.25) is 4.79 Å². The standard InChI is InChI=1S/C7H12NO2/c1-6(2)10-7-3-4-8(7)5-9/h6-7H,3-4H2,1-2H3. The molecule has 1 saturated heterocycles. The van der Waals surface area contributed by atoms with Crippen LogP contribution in [-0.2, 0) is 9.53 Å². The van der Waals surface area contributed by atoms with Crippen LogP contribution in [0.3, 0.4) is 0 Å². The number of nitrogens with zero attached hydrogens (tertiary/aromatic N) is 1. The van der Waals surface area contributed by atoms with E-state index in [9.17, 15) is 4.79 Å². The molecular weight excluding hydrogens is 130 g/mol. The summed E-state index contributed by atoms with van der Waals surface area (Å²) in [4.78, 5) is 11.6. The second-order valence-corrected chi connectivity index (χ2v) is 2.71. The highest BCUT2D eigenvalue weighted by Gasteiger charge is 2.28. The summed E-state index contributed by atoms with van der Waals surface area (Å²) >= 11 is 0. The van der Waals surface area contributed by atoms with E-state index in [1.807, 2.05) is 20.3 Å². The molecule has 57 valence electrons. The van der Waals surface area contributed by atoms with E-state index in [4.69, 9.17) is 4.74 Å². The smallest absolute Gasteiger partial charge is 0.314 e. The van der Waals surface area contributed by atoms with Crippen molar-refractivity contribution in [3.63, 3.8) is 0 Å². The van der Waals surface area contributed by atoms with E-state index < -0.39 is 0 Å². The third-order valence-corrected chi connectivity index (χ3v) is 1.51. The van der Waals surface area contributed by atoms with Gasteiger partial charge in [-0.1, -0.05) is 0 Å². The van der Waals surface area contributed by atoms with Gasteiger partial charge in [0, 0.05) is 13.0 Å². The first kappa shape index (κ1) is 7.54. The van der Waals surface area contributed by atoms with Gasteiger partial charge in [0.15, 0.2) is 0 Å². The van der Waals surface area contributed by atoms with Crippen molar-refractivity contribution in [2.45, 2.75) is 32.6 Å². The highest BCUT2D eigenvalue weighted by Crippen LogP contribution is 2.17. The Bertz CT molecular complexity index is 125. The third-order valence-electron chi connectivity index (χ3n) is 1.51. The minimum absolute atomic E-state index is 0.00231. The van der Waals surface area contributed by atoms with Gasteiger partial charge < -0.3 is 9.64 Å². The second-order valence-electron chi connectivity index (χ2n) is 2.71. The van der Waals surface area contributed by atoms with Crippen LogP contribution in [0.1, 0.15) is 20.3 Å². The number of hydrogen-bond acceptors (Lipinski definition) is 2. The molecule has 0 saturated carbocycles. The predicted molar refractivity (Wildman–Crippen MR) is 37.0 cm³/mol. The highest BCUT2D eigenvalue weighted by molar-refractivity contribution is 5.49. The van der Waals surface area contributed by atoms with E-state index in [2.05, 4.69) is 0 Å². The van der Waals surface area contributed by atoms with Crippen LogP contribution in [0.25, 0.3) is 0 Å². The van der Waals surface area contributed by atoms with Crippen LogP contribution in [0.4, 0.5) is 0 Å². The summed E-state index contributed by atoms with van der Waals surface area (Å²) in [6.45, 7) is 4.71. The fraction of sp³-hybridized carbons (Fsp3) is 0.857. The van der Waals surface area contributed by atoms with Crippen LogP contribution < -0.4 is 0 Å². The molecule has 10 heavy (non-hydrogen) atoms. The Labute approximate surface area is 61.0 Å².